The number of aryl methyl sites for hydroxylation is 2. The summed E-state index contributed by atoms with van der Waals surface area (Å²) in [5, 5.41) is 12.5. The maximum Gasteiger partial charge on any atom is 0.229 e. The van der Waals surface area contributed by atoms with E-state index in [1.807, 2.05) is 20.8 Å². The van der Waals surface area contributed by atoms with Crippen LogP contribution in [0.3, 0.4) is 0 Å². The molecule has 0 aliphatic heterocycles. The second-order valence-corrected chi connectivity index (χ2v) is 9.78. The fraction of sp³-hybridized carbons (Fsp3) is 0.318. The summed E-state index contributed by atoms with van der Waals surface area (Å²) in [4.78, 5) is 4.76. The van der Waals surface area contributed by atoms with Gasteiger partial charge in [0.1, 0.15) is 5.82 Å². The number of nitrogens with one attached hydrogen (secondary N) is 1. The van der Waals surface area contributed by atoms with Crippen molar-refractivity contribution >= 4 is 43.8 Å². The highest BCUT2D eigenvalue weighted by molar-refractivity contribution is 7.91. The molecule has 1 N–H and O–H groups in total. The molecule has 0 unspecified atom stereocenters. The molecule has 2 aromatic carbocycles. The maximum atomic E-state index is 13.4. The van der Waals surface area contributed by atoms with Crippen LogP contribution < -0.4 is 5.32 Å². The molecule has 168 valence electrons. The molecular formula is C22H24ClN5O3S. The Hall–Kier alpha value is -2.75. The molecule has 32 heavy (non-hydrogen) atoms. The van der Waals surface area contributed by atoms with Gasteiger partial charge in [-0.1, -0.05) is 22.9 Å². The topological polar surface area (TPSA) is 98.5 Å². The van der Waals surface area contributed by atoms with Crippen LogP contribution in [0, 0.1) is 13.8 Å². The number of nitrogens with zero attached hydrogens (tertiary/aromatic N) is 4. The summed E-state index contributed by atoms with van der Waals surface area (Å²) in [6.07, 6.45) is 0.772. The number of aromatic nitrogens is 4. The Labute approximate surface area is 191 Å². The Balaban J connectivity index is 1.84. The largest absolute Gasteiger partial charge is 0.382 e. The minimum Gasteiger partial charge on any atom is -0.382 e. The van der Waals surface area contributed by atoms with Crippen molar-refractivity contribution in [3.63, 3.8) is 0 Å². The molecule has 0 aliphatic rings. The van der Waals surface area contributed by atoms with Crippen LogP contribution in [-0.2, 0) is 14.6 Å². The number of rotatable bonds is 8. The normalized spacial score (nSPS) is 12.0. The van der Waals surface area contributed by atoms with Crippen molar-refractivity contribution in [1.82, 2.24) is 19.8 Å². The van der Waals surface area contributed by atoms with Crippen LogP contribution in [0.2, 0.25) is 5.02 Å². The van der Waals surface area contributed by atoms with Gasteiger partial charge in [-0.2, -0.15) is 4.52 Å². The van der Waals surface area contributed by atoms with Gasteiger partial charge in [-0.05, 0) is 68.7 Å². The van der Waals surface area contributed by atoms with Crippen molar-refractivity contribution in [2.24, 2.45) is 0 Å². The van der Waals surface area contributed by atoms with E-state index in [-0.39, 0.29) is 15.6 Å². The van der Waals surface area contributed by atoms with Crippen LogP contribution >= 0.6 is 11.6 Å². The van der Waals surface area contributed by atoms with Gasteiger partial charge in [0.05, 0.1) is 10.4 Å². The number of anilines is 1. The molecule has 0 saturated carbocycles. The lowest BCUT2D eigenvalue weighted by molar-refractivity contribution is 0.147. The van der Waals surface area contributed by atoms with E-state index in [0.717, 1.165) is 22.9 Å². The summed E-state index contributed by atoms with van der Waals surface area (Å²) in [6, 6.07) is 10.3. The number of halogens is 1. The van der Waals surface area contributed by atoms with Gasteiger partial charge in [-0.3, -0.25) is 0 Å². The van der Waals surface area contributed by atoms with Crippen molar-refractivity contribution < 1.29 is 13.2 Å². The number of benzene rings is 2. The lowest BCUT2D eigenvalue weighted by Crippen LogP contribution is -2.10. The highest BCUT2D eigenvalue weighted by Gasteiger charge is 2.27. The molecule has 0 aliphatic carbocycles. The highest BCUT2D eigenvalue weighted by atomic mass is 35.5. The molecule has 0 fully saturated rings. The van der Waals surface area contributed by atoms with Crippen molar-refractivity contribution in [2.45, 2.75) is 37.1 Å². The quantitative estimate of drug-likeness (QED) is 0.382. The summed E-state index contributed by atoms with van der Waals surface area (Å²) in [5.41, 5.74) is 2.70. The molecular weight excluding hydrogens is 450 g/mol. The van der Waals surface area contributed by atoms with E-state index < -0.39 is 9.84 Å². The second-order valence-electron chi connectivity index (χ2n) is 7.48. The van der Waals surface area contributed by atoms with E-state index in [1.54, 1.807) is 36.4 Å². The summed E-state index contributed by atoms with van der Waals surface area (Å²) in [5.74, 6) is 0.519. The molecule has 0 spiro atoms. The monoisotopic (exact) mass is 473 g/mol. The fourth-order valence-corrected chi connectivity index (χ4v) is 4.89. The maximum absolute atomic E-state index is 13.4. The molecule has 4 aromatic rings. The van der Waals surface area contributed by atoms with E-state index in [2.05, 4.69) is 20.6 Å². The number of hydrogen-bond acceptors (Lipinski definition) is 7. The lowest BCUT2D eigenvalue weighted by atomic mass is 10.1. The van der Waals surface area contributed by atoms with Crippen LogP contribution in [0.1, 0.15) is 24.5 Å². The predicted molar refractivity (Wildman–Crippen MR) is 124 cm³/mol. The third kappa shape index (κ3) is 4.15. The molecule has 0 radical (unpaired) electrons. The van der Waals surface area contributed by atoms with E-state index in [4.69, 9.17) is 16.3 Å². The van der Waals surface area contributed by atoms with Gasteiger partial charge in [0, 0.05) is 30.2 Å². The van der Waals surface area contributed by atoms with Crippen molar-refractivity contribution in [1.29, 1.82) is 0 Å². The van der Waals surface area contributed by atoms with Crippen LogP contribution in [-0.4, -0.2) is 48.0 Å². The molecule has 0 atom stereocenters. The molecule has 2 heterocycles. The van der Waals surface area contributed by atoms with Gasteiger partial charge in [0.2, 0.25) is 14.9 Å². The Kier molecular flexibility index (Phi) is 6.32. The average molecular weight is 474 g/mol. The van der Waals surface area contributed by atoms with Crippen molar-refractivity contribution in [2.75, 3.05) is 25.1 Å². The zero-order valence-corrected chi connectivity index (χ0v) is 19.7. The average Bonchev–Trinajstić information content (AvgIpc) is 3.20. The molecule has 0 amide bonds. The minimum absolute atomic E-state index is 0.158. The number of hydrogen-bond donors (Lipinski definition) is 1. The summed E-state index contributed by atoms with van der Waals surface area (Å²) < 4.78 is 33.6. The first-order valence-corrected chi connectivity index (χ1v) is 12.2. The van der Waals surface area contributed by atoms with Crippen LogP contribution in [0.4, 0.5) is 5.82 Å². The Morgan fingerprint density at radius 2 is 1.94 bits per heavy atom. The SMILES string of the molecule is CCOCCCNc1nc2c(S(=O)(=O)c3ccc(C)c(C)c3)nnn2c2ccc(Cl)cc12. The third-order valence-electron chi connectivity index (χ3n) is 5.28. The molecule has 10 heteroatoms. The second kappa shape index (κ2) is 9.01. The summed E-state index contributed by atoms with van der Waals surface area (Å²) in [7, 11) is -3.92. The number of sulfone groups is 1. The highest BCUT2D eigenvalue weighted by Crippen LogP contribution is 2.30. The Morgan fingerprint density at radius 3 is 2.69 bits per heavy atom. The fourth-order valence-electron chi connectivity index (χ4n) is 3.40. The van der Waals surface area contributed by atoms with Crippen LogP contribution in [0.25, 0.3) is 16.6 Å². The zero-order valence-electron chi connectivity index (χ0n) is 18.1. The molecule has 0 saturated heterocycles. The first-order chi connectivity index (χ1) is 15.3. The van der Waals surface area contributed by atoms with Crippen LogP contribution in [0.15, 0.2) is 46.3 Å². The van der Waals surface area contributed by atoms with E-state index >= 15 is 0 Å². The van der Waals surface area contributed by atoms with Gasteiger partial charge in [0.25, 0.3) is 0 Å². The first kappa shape index (κ1) is 22.4. The number of ether oxygens (including phenoxy) is 1. The van der Waals surface area contributed by atoms with Gasteiger partial charge in [0.15, 0.2) is 5.65 Å². The molecule has 0 bridgehead atoms. The van der Waals surface area contributed by atoms with Gasteiger partial charge >= 0.3 is 0 Å². The first-order valence-electron chi connectivity index (χ1n) is 10.3. The van der Waals surface area contributed by atoms with Crippen molar-refractivity contribution in [3.8, 4) is 0 Å². The zero-order chi connectivity index (χ0) is 22.9. The van der Waals surface area contributed by atoms with Gasteiger partial charge < -0.3 is 10.1 Å². The standard InChI is InChI=1S/C22H24ClN5O3S/c1-4-31-11-5-10-24-20-18-13-16(23)7-9-19(18)28-21(25-20)22(26-27-28)32(29,30)17-8-6-14(2)15(3)12-17/h6-9,12-13H,4-5,10-11H2,1-3H3,(H,24,25). The molecule has 2 aromatic heterocycles. The number of fused-ring (bicyclic) bond motifs is 3. The third-order valence-corrected chi connectivity index (χ3v) is 7.16. The van der Waals surface area contributed by atoms with E-state index in [9.17, 15) is 8.42 Å². The van der Waals surface area contributed by atoms with E-state index in [1.165, 1.54) is 4.52 Å². The predicted octanol–water partition coefficient (Wildman–Crippen LogP) is 4.22. The van der Waals surface area contributed by atoms with Crippen molar-refractivity contribution in [3.05, 3.63) is 52.5 Å². The smallest absolute Gasteiger partial charge is 0.229 e. The minimum atomic E-state index is -3.92. The van der Waals surface area contributed by atoms with Crippen LogP contribution in [0.5, 0.6) is 0 Å². The summed E-state index contributed by atoms with van der Waals surface area (Å²) >= 11 is 6.21. The Bertz CT molecular complexity index is 1400. The van der Waals surface area contributed by atoms with E-state index in [0.29, 0.717) is 36.1 Å². The Morgan fingerprint density at radius 1 is 1.12 bits per heavy atom. The van der Waals surface area contributed by atoms with Gasteiger partial charge in [-0.15, -0.1) is 5.10 Å². The lowest BCUT2D eigenvalue weighted by Gasteiger charge is -2.11. The molecule has 4 rings (SSSR count). The summed E-state index contributed by atoms with van der Waals surface area (Å²) in [6.45, 7) is 7.63. The van der Waals surface area contributed by atoms with Gasteiger partial charge in [-0.25, -0.2) is 13.4 Å². The molecule has 8 nitrogen and oxygen atoms in total.